The van der Waals surface area contributed by atoms with Crippen molar-refractivity contribution in [3.8, 4) is 21.8 Å². The van der Waals surface area contributed by atoms with Crippen LogP contribution in [0, 0.1) is 0 Å². The van der Waals surface area contributed by atoms with Gasteiger partial charge >= 0.3 is 0 Å². The van der Waals surface area contributed by atoms with Crippen molar-refractivity contribution in [1.29, 1.82) is 0 Å². The van der Waals surface area contributed by atoms with E-state index in [1.807, 2.05) is 47.1 Å². The maximum Gasteiger partial charge on any atom is 0.210 e. The van der Waals surface area contributed by atoms with Crippen LogP contribution in [-0.2, 0) is 0 Å². The summed E-state index contributed by atoms with van der Waals surface area (Å²) < 4.78 is 1.96. The van der Waals surface area contributed by atoms with Gasteiger partial charge in [-0.1, -0.05) is 22.9 Å². The van der Waals surface area contributed by atoms with E-state index in [9.17, 15) is 0 Å². The van der Waals surface area contributed by atoms with Crippen LogP contribution < -0.4 is 11.1 Å². The summed E-state index contributed by atoms with van der Waals surface area (Å²) in [5.41, 5.74) is 10.6. The highest BCUT2D eigenvalue weighted by atomic mass is 35.5. The fourth-order valence-electron chi connectivity index (χ4n) is 3.45. The van der Waals surface area contributed by atoms with Crippen molar-refractivity contribution in [2.24, 2.45) is 0 Å². The molecule has 6 rings (SSSR count). The Morgan fingerprint density at radius 3 is 2.91 bits per heavy atom. The number of nitrogens with one attached hydrogen (secondary N) is 2. The van der Waals surface area contributed by atoms with E-state index in [4.69, 9.17) is 22.3 Å². The van der Waals surface area contributed by atoms with E-state index in [-0.39, 0.29) is 0 Å². The first-order chi connectivity index (χ1) is 15.7. The Hall–Kier alpha value is -4.02. The summed E-state index contributed by atoms with van der Waals surface area (Å²) in [5.74, 6) is 0.471. The molecular weight excluding hydrogens is 446 g/mol. The minimum Gasteiger partial charge on any atom is -0.384 e. The summed E-state index contributed by atoms with van der Waals surface area (Å²) in [6, 6.07) is 11.4. The topological polar surface area (TPSA) is 123 Å². The molecule has 0 spiro atoms. The van der Waals surface area contributed by atoms with E-state index in [0.29, 0.717) is 16.0 Å². The van der Waals surface area contributed by atoms with Gasteiger partial charge < -0.3 is 15.5 Å². The molecule has 156 valence electrons. The third-order valence-corrected chi connectivity index (χ3v) is 6.30. The summed E-state index contributed by atoms with van der Waals surface area (Å²) in [7, 11) is 0. The fraction of sp³-hybridized carbons (Fsp3) is 0. The SMILES string of the molecule is Nc1ccc(-c2cn3cccc(-c4nnc(Nc5ccc6[nH]ncc6c5Cl)s4)c3n2)cn1. The fourth-order valence-corrected chi connectivity index (χ4v) is 4.49. The number of aromatic nitrogens is 7. The summed E-state index contributed by atoms with van der Waals surface area (Å²) in [5, 5.41) is 21.6. The average molecular weight is 460 g/mol. The predicted octanol–water partition coefficient (Wildman–Crippen LogP) is 4.77. The lowest BCUT2D eigenvalue weighted by Gasteiger charge is -2.05. The lowest BCUT2D eigenvalue weighted by Crippen LogP contribution is -1.90. The Morgan fingerprint density at radius 1 is 1.09 bits per heavy atom. The van der Waals surface area contributed by atoms with E-state index >= 15 is 0 Å². The number of rotatable bonds is 4. The zero-order chi connectivity index (χ0) is 21.7. The maximum atomic E-state index is 6.51. The monoisotopic (exact) mass is 459 g/mol. The molecule has 0 saturated carbocycles. The van der Waals surface area contributed by atoms with Crippen molar-refractivity contribution >= 4 is 56.1 Å². The molecule has 0 amide bonds. The highest BCUT2D eigenvalue weighted by Crippen LogP contribution is 2.35. The highest BCUT2D eigenvalue weighted by molar-refractivity contribution is 7.18. The van der Waals surface area contributed by atoms with Crippen molar-refractivity contribution in [3.05, 3.63) is 66.2 Å². The maximum absolute atomic E-state index is 6.51. The number of nitrogens with two attached hydrogens (primary N) is 1. The molecule has 0 aliphatic rings. The third kappa shape index (κ3) is 3.13. The van der Waals surface area contributed by atoms with Gasteiger partial charge in [-0.25, -0.2) is 9.97 Å². The van der Waals surface area contributed by atoms with Gasteiger partial charge in [0.1, 0.15) is 11.5 Å². The average Bonchev–Trinajstić information content (AvgIpc) is 3.55. The van der Waals surface area contributed by atoms with Crippen molar-refractivity contribution in [1.82, 2.24) is 34.8 Å². The molecular formula is C21H14ClN9S. The number of hydrogen-bond acceptors (Lipinski definition) is 8. The number of fused-ring (bicyclic) bond motifs is 2. The Labute approximate surface area is 189 Å². The van der Waals surface area contributed by atoms with Crippen LogP contribution in [0.25, 0.3) is 38.4 Å². The lowest BCUT2D eigenvalue weighted by molar-refractivity contribution is 1.09. The van der Waals surface area contributed by atoms with Crippen LogP contribution >= 0.6 is 22.9 Å². The van der Waals surface area contributed by atoms with Crippen LogP contribution in [0.3, 0.4) is 0 Å². The summed E-state index contributed by atoms with van der Waals surface area (Å²) >= 11 is 7.93. The van der Waals surface area contributed by atoms with Crippen molar-refractivity contribution in [3.63, 3.8) is 0 Å². The molecule has 1 aromatic carbocycles. The second-order valence-corrected chi connectivity index (χ2v) is 8.40. The van der Waals surface area contributed by atoms with Crippen LogP contribution in [0.15, 0.2) is 61.2 Å². The second-order valence-electron chi connectivity index (χ2n) is 7.05. The van der Waals surface area contributed by atoms with Gasteiger partial charge in [0.2, 0.25) is 5.13 Å². The smallest absolute Gasteiger partial charge is 0.210 e. The van der Waals surface area contributed by atoms with E-state index in [0.717, 1.165) is 44.1 Å². The van der Waals surface area contributed by atoms with Gasteiger partial charge in [0.05, 0.1) is 33.7 Å². The molecule has 0 saturated heterocycles. The minimum absolute atomic E-state index is 0.471. The van der Waals surface area contributed by atoms with E-state index < -0.39 is 0 Å². The molecule has 0 atom stereocenters. The molecule has 5 aromatic heterocycles. The van der Waals surface area contributed by atoms with Gasteiger partial charge in [-0.3, -0.25) is 5.10 Å². The molecule has 6 aromatic rings. The number of imidazole rings is 1. The molecule has 0 fully saturated rings. The molecule has 0 aliphatic carbocycles. The lowest BCUT2D eigenvalue weighted by atomic mass is 10.2. The summed E-state index contributed by atoms with van der Waals surface area (Å²) in [6.07, 6.45) is 7.30. The van der Waals surface area contributed by atoms with Gasteiger partial charge in [-0.2, -0.15) is 5.10 Å². The number of aromatic amines is 1. The zero-order valence-corrected chi connectivity index (χ0v) is 17.9. The summed E-state index contributed by atoms with van der Waals surface area (Å²) in [6.45, 7) is 0. The molecule has 0 aliphatic heterocycles. The van der Waals surface area contributed by atoms with Gasteiger partial charge in [0.15, 0.2) is 5.01 Å². The van der Waals surface area contributed by atoms with Crippen LogP contribution in [0.2, 0.25) is 5.02 Å². The molecule has 0 unspecified atom stereocenters. The number of nitrogen functional groups attached to an aromatic ring is 1. The van der Waals surface area contributed by atoms with Crippen molar-refractivity contribution < 1.29 is 0 Å². The third-order valence-electron chi connectivity index (χ3n) is 5.02. The Balaban J connectivity index is 1.35. The van der Waals surface area contributed by atoms with E-state index in [1.165, 1.54) is 11.3 Å². The Kier molecular flexibility index (Phi) is 4.27. The molecule has 5 heterocycles. The number of halogens is 1. The largest absolute Gasteiger partial charge is 0.384 e. The quantitative estimate of drug-likeness (QED) is 0.347. The highest BCUT2D eigenvalue weighted by Gasteiger charge is 2.15. The standard InChI is InChI=1S/C21H14ClN9S/c22-18-13-9-25-28-14(13)4-5-15(18)27-21-30-29-20(32-21)12-2-1-7-31-10-16(26-19(12)31)11-3-6-17(23)24-8-11/h1-10H,(H2,23,24)(H,25,28)(H,27,30). The van der Waals surface area contributed by atoms with Crippen LogP contribution in [0.1, 0.15) is 0 Å². The summed E-state index contributed by atoms with van der Waals surface area (Å²) in [4.78, 5) is 8.95. The predicted molar refractivity (Wildman–Crippen MR) is 126 cm³/mol. The van der Waals surface area contributed by atoms with Gasteiger partial charge in [-0.15, -0.1) is 10.2 Å². The number of nitrogens with zero attached hydrogens (tertiary/aromatic N) is 6. The van der Waals surface area contributed by atoms with Gasteiger partial charge in [-0.05, 0) is 36.4 Å². The molecule has 9 nitrogen and oxygen atoms in total. The number of benzene rings is 1. The van der Waals surface area contributed by atoms with Crippen LogP contribution in [-0.4, -0.2) is 34.8 Å². The van der Waals surface area contributed by atoms with Gasteiger partial charge in [0.25, 0.3) is 0 Å². The van der Waals surface area contributed by atoms with E-state index in [1.54, 1.807) is 18.5 Å². The number of pyridine rings is 2. The normalized spacial score (nSPS) is 11.4. The molecule has 4 N–H and O–H groups in total. The molecule has 0 radical (unpaired) electrons. The van der Waals surface area contributed by atoms with Crippen molar-refractivity contribution in [2.45, 2.75) is 0 Å². The number of anilines is 3. The number of H-pyrrole nitrogens is 1. The molecule has 11 heteroatoms. The van der Waals surface area contributed by atoms with Crippen LogP contribution in [0.4, 0.5) is 16.6 Å². The first-order valence-electron chi connectivity index (χ1n) is 9.58. The zero-order valence-electron chi connectivity index (χ0n) is 16.3. The van der Waals surface area contributed by atoms with Gasteiger partial charge in [0, 0.05) is 29.5 Å². The van der Waals surface area contributed by atoms with E-state index in [2.05, 4.69) is 30.7 Å². The minimum atomic E-state index is 0.471. The van der Waals surface area contributed by atoms with Crippen molar-refractivity contribution in [2.75, 3.05) is 11.1 Å². The Morgan fingerprint density at radius 2 is 2.03 bits per heavy atom. The molecule has 0 bridgehead atoms. The Bertz CT molecular complexity index is 1580. The first-order valence-corrected chi connectivity index (χ1v) is 10.8. The number of hydrogen-bond donors (Lipinski definition) is 3. The second kappa shape index (κ2) is 7.29. The first kappa shape index (κ1) is 18.7. The van der Waals surface area contributed by atoms with Crippen LogP contribution in [0.5, 0.6) is 0 Å². The molecule has 32 heavy (non-hydrogen) atoms.